The van der Waals surface area contributed by atoms with Gasteiger partial charge in [0.25, 0.3) is 0 Å². The second-order valence-corrected chi connectivity index (χ2v) is 5.16. The highest BCUT2D eigenvalue weighted by atomic mass is 32.1. The lowest BCUT2D eigenvalue weighted by atomic mass is 10.2. The minimum absolute atomic E-state index is 0.00890. The van der Waals surface area contributed by atoms with Crippen LogP contribution in [0, 0.1) is 0 Å². The number of hydrogen-bond donors (Lipinski definition) is 2. The summed E-state index contributed by atoms with van der Waals surface area (Å²) >= 11 is 1.34. The van der Waals surface area contributed by atoms with Crippen LogP contribution in [0.4, 0.5) is 0 Å². The van der Waals surface area contributed by atoms with Crippen LogP contribution in [-0.4, -0.2) is 36.1 Å². The predicted molar refractivity (Wildman–Crippen MR) is 70.9 cm³/mol. The molecule has 1 saturated heterocycles. The molecule has 0 bridgehead atoms. The number of aromatic nitrogens is 1. The van der Waals surface area contributed by atoms with Crippen molar-refractivity contribution in [2.24, 2.45) is 0 Å². The van der Waals surface area contributed by atoms with Crippen molar-refractivity contribution in [3.05, 3.63) is 16.1 Å². The molecule has 1 unspecified atom stereocenters. The van der Waals surface area contributed by atoms with Crippen molar-refractivity contribution in [2.75, 3.05) is 13.2 Å². The molecule has 0 saturated carbocycles. The normalized spacial score (nSPS) is 18.3. The summed E-state index contributed by atoms with van der Waals surface area (Å²) in [5, 5.41) is 8.30. The maximum Gasteiger partial charge on any atom is 0.357 e. The van der Waals surface area contributed by atoms with Crippen LogP contribution in [0.25, 0.3) is 0 Å². The van der Waals surface area contributed by atoms with Gasteiger partial charge in [0.15, 0.2) is 5.69 Å². The van der Waals surface area contributed by atoms with Crippen LogP contribution in [-0.2, 0) is 16.1 Å². The third kappa shape index (κ3) is 3.74. The molecule has 1 atom stereocenters. The first-order valence-electron chi connectivity index (χ1n) is 6.33. The Morgan fingerprint density at radius 2 is 2.47 bits per heavy atom. The summed E-state index contributed by atoms with van der Waals surface area (Å²) in [6.07, 6.45) is 1.90. The third-order valence-electron chi connectivity index (χ3n) is 2.83. The Hall–Kier alpha value is -1.47. The van der Waals surface area contributed by atoms with Gasteiger partial charge in [-0.15, -0.1) is 11.3 Å². The van der Waals surface area contributed by atoms with Gasteiger partial charge in [0.2, 0.25) is 5.91 Å². The fourth-order valence-corrected chi connectivity index (χ4v) is 2.59. The number of rotatable bonds is 5. The molecule has 2 heterocycles. The van der Waals surface area contributed by atoms with E-state index in [-0.39, 0.29) is 11.9 Å². The van der Waals surface area contributed by atoms with Gasteiger partial charge < -0.3 is 15.4 Å². The predicted octanol–water partition coefficient (Wildman–Crippen LogP) is 0.688. The van der Waals surface area contributed by atoms with Crippen LogP contribution in [0.3, 0.4) is 0 Å². The van der Waals surface area contributed by atoms with Crippen LogP contribution in [0.15, 0.2) is 5.38 Å². The lowest BCUT2D eigenvalue weighted by molar-refractivity contribution is -0.122. The van der Waals surface area contributed by atoms with Crippen molar-refractivity contribution >= 4 is 23.2 Å². The van der Waals surface area contributed by atoms with Crippen molar-refractivity contribution in [3.8, 4) is 0 Å². The first-order chi connectivity index (χ1) is 9.20. The second-order valence-electron chi connectivity index (χ2n) is 4.21. The molecule has 2 rings (SSSR count). The van der Waals surface area contributed by atoms with E-state index in [1.54, 1.807) is 12.3 Å². The van der Waals surface area contributed by atoms with Crippen molar-refractivity contribution < 1.29 is 14.3 Å². The lowest BCUT2D eigenvalue weighted by Gasteiger charge is -2.09. The molecule has 1 aliphatic heterocycles. The maximum atomic E-state index is 11.8. The first kappa shape index (κ1) is 14.0. The van der Waals surface area contributed by atoms with Gasteiger partial charge in [-0.3, -0.25) is 4.79 Å². The Balaban J connectivity index is 1.82. The zero-order valence-electron chi connectivity index (χ0n) is 10.8. The molecule has 6 nitrogen and oxygen atoms in total. The van der Waals surface area contributed by atoms with Crippen molar-refractivity contribution in [1.82, 2.24) is 15.6 Å². The molecule has 0 radical (unpaired) electrons. The Morgan fingerprint density at radius 1 is 1.63 bits per heavy atom. The lowest BCUT2D eigenvalue weighted by Crippen LogP contribution is -2.39. The van der Waals surface area contributed by atoms with Crippen LogP contribution in [0.5, 0.6) is 0 Å². The first-order valence-corrected chi connectivity index (χ1v) is 7.21. The van der Waals surface area contributed by atoms with E-state index in [4.69, 9.17) is 4.74 Å². The quantitative estimate of drug-likeness (QED) is 0.777. The molecule has 0 aromatic carbocycles. The smallest absolute Gasteiger partial charge is 0.357 e. The van der Waals surface area contributed by atoms with Gasteiger partial charge in [-0.2, -0.15) is 0 Å². The van der Waals surface area contributed by atoms with Crippen molar-refractivity contribution in [3.63, 3.8) is 0 Å². The number of ether oxygens (including phenoxy) is 1. The molecule has 1 amide bonds. The van der Waals surface area contributed by atoms with E-state index in [1.807, 2.05) is 0 Å². The maximum absolute atomic E-state index is 11.8. The minimum atomic E-state index is -0.422. The molecule has 1 aromatic rings. The SMILES string of the molecule is CCOC(=O)c1csc(CNC(=O)C2CCCN2)n1. The summed E-state index contributed by atoms with van der Waals surface area (Å²) in [6.45, 7) is 3.32. The Morgan fingerprint density at radius 3 is 3.16 bits per heavy atom. The molecular formula is C12H17N3O3S. The van der Waals surface area contributed by atoms with Gasteiger partial charge in [-0.05, 0) is 26.3 Å². The Kier molecular flexibility index (Phi) is 4.86. The zero-order chi connectivity index (χ0) is 13.7. The van der Waals surface area contributed by atoms with E-state index in [0.29, 0.717) is 23.9 Å². The molecule has 1 fully saturated rings. The standard InChI is InChI=1S/C12H17N3O3S/c1-2-18-12(17)9-7-19-10(15-9)6-14-11(16)8-4-3-5-13-8/h7-8,13H,2-6H2,1H3,(H,14,16). The number of carbonyl (C=O) groups excluding carboxylic acids is 2. The van der Waals surface area contributed by atoms with Gasteiger partial charge in [0.1, 0.15) is 5.01 Å². The highest BCUT2D eigenvalue weighted by Gasteiger charge is 2.21. The average molecular weight is 283 g/mol. The van der Waals surface area contributed by atoms with E-state index in [9.17, 15) is 9.59 Å². The monoisotopic (exact) mass is 283 g/mol. The highest BCUT2D eigenvalue weighted by molar-refractivity contribution is 7.09. The van der Waals surface area contributed by atoms with Crippen LogP contribution >= 0.6 is 11.3 Å². The molecule has 19 heavy (non-hydrogen) atoms. The summed E-state index contributed by atoms with van der Waals surface area (Å²) < 4.78 is 4.86. The van der Waals surface area contributed by atoms with Crippen LogP contribution in [0.2, 0.25) is 0 Å². The largest absolute Gasteiger partial charge is 0.461 e. The van der Waals surface area contributed by atoms with E-state index in [1.165, 1.54) is 11.3 Å². The minimum Gasteiger partial charge on any atom is -0.461 e. The summed E-state index contributed by atoms with van der Waals surface area (Å²) in [5.74, 6) is -0.431. The number of nitrogens with one attached hydrogen (secondary N) is 2. The fourth-order valence-electron chi connectivity index (χ4n) is 1.89. The topological polar surface area (TPSA) is 80.3 Å². The summed E-state index contributed by atoms with van der Waals surface area (Å²) in [5.41, 5.74) is 0.301. The molecule has 2 N–H and O–H groups in total. The molecule has 1 aliphatic rings. The van der Waals surface area contributed by atoms with Crippen molar-refractivity contribution in [1.29, 1.82) is 0 Å². The number of nitrogens with zero attached hydrogens (tertiary/aromatic N) is 1. The Labute approximate surface area is 115 Å². The molecule has 0 aliphatic carbocycles. The summed E-state index contributed by atoms with van der Waals surface area (Å²) in [7, 11) is 0. The second kappa shape index (κ2) is 6.63. The highest BCUT2D eigenvalue weighted by Crippen LogP contribution is 2.11. The average Bonchev–Trinajstić information content (AvgIpc) is 3.07. The van der Waals surface area contributed by atoms with E-state index >= 15 is 0 Å². The Bertz CT molecular complexity index is 455. The van der Waals surface area contributed by atoms with E-state index in [0.717, 1.165) is 19.4 Å². The fraction of sp³-hybridized carbons (Fsp3) is 0.583. The number of amides is 1. The third-order valence-corrected chi connectivity index (χ3v) is 3.68. The molecule has 1 aromatic heterocycles. The van der Waals surface area contributed by atoms with Gasteiger partial charge in [-0.25, -0.2) is 9.78 Å². The van der Waals surface area contributed by atoms with Gasteiger partial charge in [-0.1, -0.05) is 0 Å². The zero-order valence-corrected chi connectivity index (χ0v) is 11.6. The van der Waals surface area contributed by atoms with Gasteiger partial charge in [0, 0.05) is 5.38 Å². The molecule has 104 valence electrons. The number of hydrogen-bond acceptors (Lipinski definition) is 6. The van der Waals surface area contributed by atoms with Gasteiger partial charge in [0.05, 0.1) is 19.2 Å². The number of esters is 1. The summed E-state index contributed by atoms with van der Waals surface area (Å²) in [6, 6.07) is -0.0931. The van der Waals surface area contributed by atoms with Crippen LogP contribution in [0.1, 0.15) is 35.3 Å². The number of carbonyl (C=O) groups is 2. The van der Waals surface area contributed by atoms with E-state index in [2.05, 4.69) is 15.6 Å². The van der Waals surface area contributed by atoms with Crippen molar-refractivity contribution in [2.45, 2.75) is 32.4 Å². The van der Waals surface area contributed by atoms with Gasteiger partial charge >= 0.3 is 5.97 Å². The molecular weight excluding hydrogens is 266 g/mol. The molecule has 0 spiro atoms. The molecule has 7 heteroatoms. The van der Waals surface area contributed by atoms with Crippen LogP contribution < -0.4 is 10.6 Å². The van der Waals surface area contributed by atoms with E-state index < -0.39 is 5.97 Å². The summed E-state index contributed by atoms with van der Waals surface area (Å²) in [4.78, 5) is 27.3. The number of thiazole rings is 1.